The van der Waals surface area contributed by atoms with Crippen LogP contribution in [0.5, 0.6) is 0 Å². The van der Waals surface area contributed by atoms with E-state index in [0.29, 0.717) is 5.88 Å². The van der Waals surface area contributed by atoms with Crippen LogP contribution >= 0.6 is 11.6 Å². The average Bonchev–Trinajstić information content (AvgIpc) is 1.89. The Morgan fingerprint density at radius 1 is 1.89 bits per heavy atom. The minimum absolute atomic E-state index is 0.125. The van der Waals surface area contributed by atoms with Crippen molar-refractivity contribution in [3.05, 3.63) is 6.92 Å². The molecule has 53 valence electrons. The quantitative estimate of drug-likeness (QED) is 0.542. The molecule has 0 amide bonds. The highest BCUT2D eigenvalue weighted by Gasteiger charge is 2.43. The maximum atomic E-state index is 5.74. The van der Waals surface area contributed by atoms with Gasteiger partial charge in [0.05, 0.1) is 12.7 Å². The molecule has 0 aromatic heterocycles. The third-order valence-electron chi connectivity index (χ3n) is 2.23. The fourth-order valence-corrected chi connectivity index (χ4v) is 1.42. The van der Waals surface area contributed by atoms with Crippen molar-refractivity contribution in [1.29, 1.82) is 0 Å². The van der Waals surface area contributed by atoms with E-state index in [1.54, 1.807) is 0 Å². The second-order valence-electron chi connectivity index (χ2n) is 2.65. The standard InChI is InChI=1S/C7H12ClO/c1-3-7(4-8)5-9-6(7)2/h6H,2-5H2,1H3. The summed E-state index contributed by atoms with van der Waals surface area (Å²) in [6.07, 6.45) is 1.20. The van der Waals surface area contributed by atoms with E-state index >= 15 is 0 Å². The van der Waals surface area contributed by atoms with Gasteiger partial charge in [0.15, 0.2) is 0 Å². The lowest BCUT2D eigenvalue weighted by molar-refractivity contribution is -0.152. The molecule has 0 spiro atoms. The van der Waals surface area contributed by atoms with Gasteiger partial charge in [-0.25, -0.2) is 0 Å². The first-order valence-corrected chi connectivity index (χ1v) is 3.79. The molecule has 0 saturated carbocycles. The highest BCUT2D eigenvalue weighted by Crippen LogP contribution is 2.38. The third kappa shape index (κ3) is 0.968. The Bertz CT molecular complexity index is 93.6. The molecule has 0 aromatic carbocycles. The molecule has 0 N–H and O–H groups in total. The molecule has 2 unspecified atom stereocenters. The van der Waals surface area contributed by atoms with Crippen LogP contribution in [0.3, 0.4) is 0 Å². The first-order chi connectivity index (χ1) is 4.25. The van der Waals surface area contributed by atoms with Crippen molar-refractivity contribution in [2.75, 3.05) is 12.5 Å². The summed E-state index contributed by atoms with van der Waals surface area (Å²) in [7, 11) is 0. The molecule has 0 aromatic rings. The van der Waals surface area contributed by atoms with E-state index in [0.717, 1.165) is 13.0 Å². The van der Waals surface area contributed by atoms with Crippen LogP contribution < -0.4 is 0 Å². The van der Waals surface area contributed by atoms with Gasteiger partial charge in [-0.2, -0.15) is 0 Å². The lowest BCUT2D eigenvalue weighted by Gasteiger charge is -2.45. The second-order valence-corrected chi connectivity index (χ2v) is 2.92. The Morgan fingerprint density at radius 3 is 2.56 bits per heavy atom. The number of ether oxygens (including phenoxy) is 1. The molecule has 1 saturated heterocycles. The summed E-state index contributed by atoms with van der Waals surface area (Å²) in [5, 5.41) is 0. The summed E-state index contributed by atoms with van der Waals surface area (Å²) in [4.78, 5) is 0. The van der Waals surface area contributed by atoms with Crippen LogP contribution in [-0.2, 0) is 4.74 Å². The summed E-state index contributed by atoms with van der Waals surface area (Å²) in [6.45, 7) is 6.75. The fraction of sp³-hybridized carbons (Fsp3) is 0.857. The fourth-order valence-electron chi connectivity index (χ4n) is 0.986. The lowest BCUT2D eigenvalue weighted by atomic mass is 9.79. The van der Waals surface area contributed by atoms with Crippen molar-refractivity contribution in [3.8, 4) is 0 Å². The SMILES string of the molecule is [CH2]C1OCC1(CC)CCl. The topological polar surface area (TPSA) is 9.23 Å². The zero-order valence-corrected chi connectivity index (χ0v) is 6.45. The number of hydrogen-bond donors (Lipinski definition) is 0. The van der Waals surface area contributed by atoms with Crippen LogP contribution in [0.15, 0.2) is 0 Å². The highest BCUT2D eigenvalue weighted by molar-refractivity contribution is 6.18. The average molecular weight is 148 g/mol. The summed E-state index contributed by atoms with van der Waals surface area (Å²) < 4.78 is 5.13. The summed E-state index contributed by atoms with van der Waals surface area (Å²) in [6, 6.07) is 0. The minimum atomic E-state index is 0.125. The van der Waals surface area contributed by atoms with Crippen molar-refractivity contribution in [1.82, 2.24) is 0 Å². The summed E-state index contributed by atoms with van der Waals surface area (Å²) >= 11 is 5.74. The van der Waals surface area contributed by atoms with Crippen molar-refractivity contribution in [3.63, 3.8) is 0 Å². The first kappa shape index (κ1) is 7.36. The molecular formula is C7H12ClO. The van der Waals surface area contributed by atoms with Gasteiger partial charge < -0.3 is 4.74 Å². The van der Waals surface area contributed by atoms with E-state index in [-0.39, 0.29) is 11.5 Å². The van der Waals surface area contributed by atoms with E-state index in [4.69, 9.17) is 16.3 Å². The van der Waals surface area contributed by atoms with Crippen LogP contribution in [0.4, 0.5) is 0 Å². The Labute approximate surface area is 61.3 Å². The van der Waals surface area contributed by atoms with Crippen LogP contribution in [0, 0.1) is 12.3 Å². The normalized spacial score (nSPS) is 42.3. The summed E-state index contributed by atoms with van der Waals surface area (Å²) in [5.41, 5.74) is 0.196. The van der Waals surface area contributed by atoms with Gasteiger partial charge in [0, 0.05) is 11.3 Å². The molecule has 1 aliphatic rings. The number of hydrogen-bond acceptors (Lipinski definition) is 1. The summed E-state index contributed by atoms with van der Waals surface area (Å²) in [5.74, 6) is 0.678. The van der Waals surface area contributed by atoms with E-state index in [2.05, 4.69) is 13.8 Å². The molecule has 1 nitrogen and oxygen atoms in total. The maximum absolute atomic E-state index is 5.74. The first-order valence-electron chi connectivity index (χ1n) is 3.26. The van der Waals surface area contributed by atoms with Crippen molar-refractivity contribution < 1.29 is 4.74 Å². The molecule has 2 heteroatoms. The number of rotatable bonds is 2. The molecule has 0 aliphatic carbocycles. The number of alkyl halides is 1. The molecule has 1 radical (unpaired) electrons. The Morgan fingerprint density at radius 2 is 2.56 bits per heavy atom. The van der Waals surface area contributed by atoms with Gasteiger partial charge in [0.1, 0.15) is 0 Å². The van der Waals surface area contributed by atoms with Crippen molar-refractivity contribution in [2.45, 2.75) is 19.4 Å². The van der Waals surface area contributed by atoms with Gasteiger partial charge in [-0.1, -0.05) is 6.92 Å². The van der Waals surface area contributed by atoms with Gasteiger partial charge in [-0.05, 0) is 13.3 Å². The predicted molar refractivity (Wildman–Crippen MR) is 38.5 cm³/mol. The smallest absolute Gasteiger partial charge is 0.0666 e. The molecule has 1 aliphatic heterocycles. The molecule has 2 atom stereocenters. The molecule has 1 heterocycles. The van der Waals surface area contributed by atoms with Crippen molar-refractivity contribution in [2.24, 2.45) is 5.41 Å². The zero-order valence-electron chi connectivity index (χ0n) is 5.69. The highest BCUT2D eigenvalue weighted by atomic mass is 35.5. The largest absolute Gasteiger partial charge is 0.377 e. The Kier molecular flexibility index (Phi) is 2.02. The third-order valence-corrected chi connectivity index (χ3v) is 2.76. The molecule has 9 heavy (non-hydrogen) atoms. The molecule has 1 fully saturated rings. The molecule has 1 rings (SSSR count). The van der Waals surface area contributed by atoms with Crippen LogP contribution in [0.1, 0.15) is 13.3 Å². The number of halogens is 1. The Hall–Kier alpha value is 0.250. The zero-order chi connectivity index (χ0) is 6.91. The van der Waals surface area contributed by atoms with Crippen LogP contribution in [-0.4, -0.2) is 18.6 Å². The monoisotopic (exact) mass is 147 g/mol. The second kappa shape index (κ2) is 2.47. The van der Waals surface area contributed by atoms with Gasteiger partial charge in [0.2, 0.25) is 0 Å². The van der Waals surface area contributed by atoms with Gasteiger partial charge in [-0.3, -0.25) is 0 Å². The van der Waals surface area contributed by atoms with E-state index < -0.39 is 0 Å². The van der Waals surface area contributed by atoms with E-state index in [1.165, 1.54) is 0 Å². The van der Waals surface area contributed by atoms with Gasteiger partial charge >= 0.3 is 0 Å². The van der Waals surface area contributed by atoms with Gasteiger partial charge in [0.25, 0.3) is 0 Å². The van der Waals surface area contributed by atoms with Gasteiger partial charge in [-0.15, -0.1) is 11.6 Å². The van der Waals surface area contributed by atoms with E-state index in [1.807, 2.05) is 0 Å². The minimum Gasteiger partial charge on any atom is -0.377 e. The predicted octanol–water partition coefficient (Wildman–Crippen LogP) is 1.85. The van der Waals surface area contributed by atoms with Crippen LogP contribution in [0.2, 0.25) is 0 Å². The van der Waals surface area contributed by atoms with Crippen LogP contribution in [0.25, 0.3) is 0 Å². The molecular weight excluding hydrogens is 136 g/mol. The van der Waals surface area contributed by atoms with Crippen molar-refractivity contribution >= 4 is 11.6 Å². The lowest BCUT2D eigenvalue weighted by Crippen LogP contribution is -2.51. The Balaban J connectivity index is 2.48. The molecule has 0 bridgehead atoms. The van der Waals surface area contributed by atoms with E-state index in [9.17, 15) is 0 Å². The maximum Gasteiger partial charge on any atom is 0.0666 e.